The number of fused-ring (bicyclic) bond motifs is 9. The van der Waals surface area contributed by atoms with Gasteiger partial charge < -0.3 is 0 Å². The summed E-state index contributed by atoms with van der Waals surface area (Å²) >= 11 is 0. The molecule has 0 aromatic heterocycles. The fourth-order valence-electron chi connectivity index (χ4n) is 14.0. The first kappa shape index (κ1) is 56.3. The van der Waals surface area contributed by atoms with Crippen LogP contribution in [0.5, 0.6) is 0 Å². The van der Waals surface area contributed by atoms with E-state index < -0.39 is 0 Å². The number of benzene rings is 18. The maximum atomic E-state index is 15.9. The van der Waals surface area contributed by atoms with Gasteiger partial charge in [-0.1, -0.05) is 309 Å². The Balaban J connectivity index is 0.000000111. The van der Waals surface area contributed by atoms with Crippen molar-refractivity contribution >= 4 is 97.0 Å². The van der Waals surface area contributed by atoms with Crippen LogP contribution in [0.1, 0.15) is 0 Å². The van der Waals surface area contributed by atoms with Crippen LogP contribution in [0.3, 0.4) is 0 Å². The molecule has 0 aliphatic heterocycles. The van der Waals surface area contributed by atoms with Gasteiger partial charge in [-0.3, -0.25) is 0 Å². The SMILES string of the molecule is Fc1cc(-c2ccc3ccccc3c2)c2ccccc2c1-c1ccc2ccccc2c1.Fc1cc(-c2ccc3ccccc3c2)c2ccccc2c1-c1cccc2ccccc12.Fc1cc(-c2cccc3ccccc23)c2ccccc2c1-c1cccc2ccccc12. The van der Waals surface area contributed by atoms with E-state index in [2.05, 4.69) is 164 Å². The van der Waals surface area contributed by atoms with Crippen molar-refractivity contribution in [2.45, 2.75) is 0 Å². The molecule has 0 fully saturated rings. The lowest BCUT2D eigenvalue weighted by Crippen LogP contribution is -1.92. The average Bonchev–Trinajstić information content (AvgIpc) is 0.772. The zero-order chi connectivity index (χ0) is 62.4. The maximum Gasteiger partial charge on any atom is 0.132 e. The van der Waals surface area contributed by atoms with Gasteiger partial charge in [0.1, 0.15) is 17.5 Å². The molecule has 0 N–H and O–H groups in total. The van der Waals surface area contributed by atoms with E-state index >= 15 is 13.2 Å². The highest BCUT2D eigenvalue weighted by Gasteiger charge is 2.21. The molecule has 0 atom stereocenters. The first-order chi connectivity index (χ1) is 45.9. The smallest absolute Gasteiger partial charge is 0.132 e. The second kappa shape index (κ2) is 24.1. The van der Waals surface area contributed by atoms with Crippen molar-refractivity contribution in [1.29, 1.82) is 0 Å². The van der Waals surface area contributed by atoms with E-state index in [1.54, 1.807) is 18.2 Å². The third-order valence-electron chi connectivity index (χ3n) is 18.3. The van der Waals surface area contributed by atoms with Crippen LogP contribution in [0.4, 0.5) is 13.2 Å². The zero-order valence-corrected chi connectivity index (χ0v) is 50.5. The molecule has 0 heterocycles. The van der Waals surface area contributed by atoms with Crippen LogP contribution in [0, 0.1) is 17.5 Å². The summed E-state index contributed by atoms with van der Waals surface area (Å²) in [5.74, 6) is -0.590. The largest absolute Gasteiger partial charge is 0.206 e. The first-order valence-electron chi connectivity index (χ1n) is 31.4. The van der Waals surface area contributed by atoms with Crippen LogP contribution in [-0.2, 0) is 0 Å². The topological polar surface area (TPSA) is 0 Å². The Kier molecular flexibility index (Phi) is 14.6. The van der Waals surface area contributed by atoms with Crippen molar-refractivity contribution in [2.75, 3.05) is 0 Å². The molecule has 0 saturated carbocycles. The third kappa shape index (κ3) is 10.5. The molecule has 93 heavy (non-hydrogen) atoms. The monoisotopic (exact) mass is 1190 g/mol. The molecule has 0 aliphatic rings. The molecule has 0 radical (unpaired) electrons. The molecule has 0 unspecified atom stereocenters. The molecule has 18 rings (SSSR count). The summed E-state index contributed by atoms with van der Waals surface area (Å²) in [6, 6.07) is 116. The van der Waals surface area contributed by atoms with E-state index in [1.165, 1.54) is 10.8 Å². The Morgan fingerprint density at radius 3 is 0.806 bits per heavy atom. The Bertz CT molecular complexity index is 5910. The summed E-state index contributed by atoms with van der Waals surface area (Å²) in [4.78, 5) is 0. The second-order valence-electron chi connectivity index (χ2n) is 23.7. The summed E-state index contributed by atoms with van der Waals surface area (Å²) in [7, 11) is 0. The maximum absolute atomic E-state index is 15.9. The Labute approximate surface area is 537 Å². The molecule has 0 saturated heterocycles. The van der Waals surface area contributed by atoms with E-state index in [0.29, 0.717) is 16.7 Å². The van der Waals surface area contributed by atoms with Gasteiger partial charge in [0.25, 0.3) is 0 Å². The van der Waals surface area contributed by atoms with Crippen LogP contribution in [0.2, 0.25) is 0 Å². The summed E-state index contributed by atoms with van der Waals surface area (Å²) in [5.41, 5.74) is 10.6. The molecule has 0 amide bonds. The van der Waals surface area contributed by atoms with Gasteiger partial charge in [0, 0.05) is 16.7 Å². The van der Waals surface area contributed by atoms with Crippen LogP contribution in [0.15, 0.2) is 346 Å². The quantitative estimate of drug-likeness (QED) is 0.156. The summed E-state index contributed by atoms with van der Waals surface area (Å²) in [6.07, 6.45) is 0. The molecule has 0 bridgehead atoms. The number of hydrogen-bond donors (Lipinski definition) is 0. The van der Waals surface area contributed by atoms with E-state index in [9.17, 15) is 0 Å². The predicted octanol–water partition coefficient (Wildman–Crippen LogP) is 25.9. The lowest BCUT2D eigenvalue weighted by Gasteiger charge is -2.16. The third-order valence-corrected chi connectivity index (χ3v) is 18.3. The van der Waals surface area contributed by atoms with Crippen LogP contribution >= 0.6 is 0 Å². The average molecular weight is 1200 g/mol. The van der Waals surface area contributed by atoms with Gasteiger partial charge in [-0.15, -0.1) is 0 Å². The Morgan fingerprint density at radius 1 is 0.140 bits per heavy atom. The van der Waals surface area contributed by atoms with Crippen LogP contribution < -0.4 is 0 Å². The van der Waals surface area contributed by atoms with E-state index in [0.717, 1.165) is 136 Å². The van der Waals surface area contributed by atoms with Crippen LogP contribution in [-0.4, -0.2) is 0 Å². The van der Waals surface area contributed by atoms with Gasteiger partial charge >= 0.3 is 0 Å². The Hall–Kier alpha value is -11.9. The zero-order valence-electron chi connectivity index (χ0n) is 50.5. The number of halogens is 3. The standard InChI is InChI=1S/3C30H19F/c31-29-19-28(24-17-7-11-20-9-1-3-13-22(20)24)25-15-5-6-16-27(25)30(29)26-18-8-12-21-10-2-4-14-23(21)26;31-29-19-28(24-15-13-20-7-1-3-9-22(20)17-24)26-11-5-6-12-27(26)30(29)25-16-14-21-8-2-4-10-23(21)18-25;31-29-19-28(23-17-16-20-8-1-2-10-22(20)18-23)25-13-5-6-14-27(25)30(29)26-15-7-11-21-9-3-4-12-24(21)26/h3*1-19H. The first-order valence-corrected chi connectivity index (χ1v) is 31.4. The van der Waals surface area contributed by atoms with Crippen molar-refractivity contribution in [1.82, 2.24) is 0 Å². The van der Waals surface area contributed by atoms with E-state index in [-0.39, 0.29) is 17.5 Å². The molecule has 3 heteroatoms. The highest BCUT2D eigenvalue weighted by molar-refractivity contribution is 6.14. The Morgan fingerprint density at radius 2 is 0.398 bits per heavy atom. The predicted molar refractivity (Wildman–Crippen MR) is 389 cm³/mol. The fourth-order valence-corrected chi connectivity index (χ4v) is 14.0. The molecular formula is C90H57F3. The minimum absolute atomic E-state index is 0.196. The summed E-state index contributed by atoms with van der Waals surface area (Å²) in [5, 5.41) is 19.6. The highest BCUT2D eigenvalue weighted by Crippen LogP contribution is 2.45. The van der Waals surface area contributed by atoms with Gasteiger partial charge in [-0.25, -0.2) is 13.2 Å². The minimum atomic E-state index is -0.197. The van der Waals surface area contributed by atoms with Gasteiger partial charge in [0.2, 0.25) is 0 Å². The molecule has 0 spiro atoms. The normalized spacial score (nSPS) is 11.4. The summed E-state index contributed by atoms with van der Waals surface area (Å²) < 4.78 is 47.3. The molecule has 18 aromatic carbocycles. The van der Waals surface area contributed by atoms with E-state index in [1.807, 2.05) is 164 Å². The molecular weight excluding hydrogens is 1140 g/mol. The fraction of sp³-hybridized carbons (Fsp3) is 0. The van der Waals surface area contributed by atoms with Crippen molar-refractivity contribution in [2.24, 2.45) is 0 Å². The number of hydrogen-bond acceptors (Lipinski definition) is 0. The second-order valence-corrected chi connectivity index (χ2v) is 23.7. The molecule has 0 aliphatic carbocycles. The van der Waals surface area contributed by atoms with Crippen molar-refractivity contribution in [3.05, 3.63) is 363 Å². The highest BCUT2D eigenvalue weighted by atomic mass is 19.1. The van der Waals surface area contributed by atoms with Gasteiger partial charge in [-0.2, -0.15) is 0 Å². The minimum Gasteiger partial charge on any atom is -0.206 e. The molecule has 18 aromatic rings. The molecule has 438 valence electrons. The summed E-state index contributed by atoms with van der Waals surface area (Å²) in [6.45, 7) is 0. The van der Waals surface area contributed by atoms with E-state index in [4.69, 9.17) is 0 Å². The van der Waals surface area contributed by atoms with Crippen molar-refractivity contribution < 1.29 is 13.2 Å². The number of rotatable bonds is 6. The van der Waals surface area contributed by atoms with Gasteiger partial charge in [0.05, 0.1) is 0 Å². The van der Waals surface area contributed by atoms with Gasteiger partial charge in [-0.05, 0) is 183 Å². The lowest BCUT2D eigenvalue weighted by atomic mass is 9.88. The van der Waals surface area contributed by atoms with Crippen molar-refractivity contribution in [3.63, 3.8) is 0 Å². The lowest BCUT2D eigenvalue weighted by molar-refractivity contribution is 0.633. The van der Waals surface area contributed by atoms with Crippen LogP contribution in [0.25, 0.3) is 164 Å². The molecule has 0 nitrogen and oxygen atoms in total. The van der Waals surface area contributed by atoms with Crippen molar-refractivity contribution in [3.8, 4) is 66.8 Å². The van der Waals surface area contributed by atoms with Gasteiger partial charge in [0.15, 0.2) is 0 Å².